The zero-order valence-corrected chi connectivity index (χ0v) is 18.2. The summed E-state index contributed by atoms with van der Waals surface area (Å²) in [6.45, 7) is 4.21. The van der Waals surface area contributed by atoms with Crippen LogP contribution in [0.4, 0.5) is 0 Å². The fourth-order valence-corrected chi connectivity index (χ4v) is 2.79. The molecular formula is C20H23ClIN5. The number of aromatic nitrogens is 2. The number of hydrogen-bond acceptors (Lipinski definition) is 3. The Bertz CT molecular complexity index is 878. The Balaban J connectivity index is 0.00000261. The molecular weight excluding hydrogens is 473 g/mol. The van der Waals surface area contributed by atoms with Crippen molar-refractivity contribution in [2.75, 3.05) is 13.1 Å². The lowest BCUT2D eigenvalue weighted by molar-refractivity contribution is 0.798. The average Bonchev–Trinajstić information content (AvgIpc) is 2.67. The molecule has 1 aromatic carbocycles. The van der Waals surface area contributed by atoms with Gasteiger partial charge < -0.3 is 10.6 Å². The summed E-state index contributed by atoms with van der Waals surface area (Å²) in [5.41, 5.74) is 3.25. The van der Waals surface area contributed by atoms with Gasteiger partial charge in [-0.3, -0.25) is 4.98 Å². The van der Waals surface area contributed by atoms with Crippen LogP contribution in [0.5, 0.6) is 0 Å². The molecule has 0 saturated carbocycles. The number of benzene rings is 1. The summed E-state index contributed by atoms with van der Waals surface area (Å²) < 4.78 is 0. The van der Waals surface area contributed by atoms with Crippen LogP contribution in [0.25, 0.3) is 10.9 Å². The number of nitrogens with zero attached hydrogens (tertiary/aromatic N) is 3. The van der Waals surface area contributed by atoms with Crippen LogP contribution >= 0.6 is 35.6 Å². The van der Waals surface area contributed by atoms with Crippen molar-refractivity contribution in [1.82, 2.24) is 20.6 Å². The molecule has 2 N–H and O–H groups in total. The zero-order valence-electron chi connectivity index (χ0n) is 15.2. The number of rotatable bonds is 6. The molecule has 2 aromatic heterocycles. The predicted molar refractivity (Wildman–Crippen MR) is 123 cm³/mol. The Morgan fingerprint density at radius 3 is 2.70 bits per heavy atom. The molecule has 27 heavy (non-hydrogen) atoms. The van der Waals surface area contributed by atoms with Crippen molar-refractivity contribution in [2.24, 2.45) is 4.99 Å². The summed E-state index contributed by atoms with van der Waals surface area (Å²) in [7, 11) is 0. The van der Waals surface area contributed by atoms with E-state index in [9.17, 15) is 0 Å². The third-order valence-corrected chi connectivity index (χ3v) is 4.19. The minimum Gasteiger partial charge on any atom is -0.357 e. The largest absolute Gasteiger partial charge is 0.357 e. The van der Waals surface area contributed by atoms with Gasteiger partial charge in [0, 0.05) is 30.9 Å². The summed E-state index contributed by atoms with van der Waals surface area (Å²) in [6.07, 6.45) is 4.47. The molecule has 0 aliphatic heterocycles. The quantitative estimate of drug-likeness (QED) is 0.233. The number of aliphatic imine (C=N–C) groups is 1. The van der Waals surface area contributed by atoms with Crippen LogP contribution in [0, 0.1) is 0 Å². The van der Waals surface area contributed by atoms with Gasteiger partial charge in [0.2, 0.25) is 0 Å². The van der Waals surface area contributed by atoms with Crippen molar-refractivity contribution in [3.63, 3.8) is 0 Å². The lowest BCUT2D eigenvalue weighted by Gasteiger charge is -2.11. The van der Waals surface area contributed by atoms with E-state index in [-0.39, 0.29) is 24.0 Å². The Morgan fingerprint density at radius 1 is 1.07 bits per heavy atom. The van der Waals surface area contributed by atoms with E-state index >= 15 is 0 Å². The monoisotopic (exact) mass is 495 g/mol. The lowest BCUT2D eigenvalue weighted by Crippen LogP contribution is -2.38. The molecule has 3 rings (SSSR count). The zero-order chi connectivity index (χ0) is 18.2. The van der Waals surface area contributed by atoms with E-state index < -0.39 is 0 Å². The van der Waals surface area contributed by atoms with Crippen LogP contribution in [-0.2, 0) is 13.0 Å². The Kier molecular flexibility index (Phi) is 8.74. The Labute approximate surface area is 181 Å². The van der Waals surface area contributed by atoms with Crippen LogP contribution in [0.2, 0.25) is 5.15 Å². The van der Waals surface area contributed by atoms with E-state index in [2.05, 4.69) is 45.7 Å². The van der Waals surface area contributed by atoms with Crippen molar-refractivity contribution >= 4 is 52.4 Å². The van der Waals surface area contributed by atoms with Gasteiger partial charge in [0.15, 0.2) is 5.96 Å². The summed E-state index contributed by atoms with van der Waals surface area (Å²) in [6, 6.07) is 14.0. The molecule has 7 heteroatoms. The van der Waals surface area contributed by atoms with Crippen LogP contribution < -0.4 is 10.6 Å². The first kappa shape index (κ1) is 21.4. The van der Waals surface area contributed by atoms with Crippen molar-refractivity contribution < 1.29 is 0 Å². The predicted octanol–water partition coefficient (Wildman–Crippen LogP) is 4.20. The Morgan fingerprint density at radius 2 is 1.93 bits per heavy atom. The molecule has 0 aliphatic carbocycles. The maximum atomic E-state index is 5.82. The minimum atomic E-state index is 0. The van der Waals surface area contributed by atoms with E-state index in [1.54, 1.807) is 6.20 Å². The number of fused-ring (bicyclic) bond motifs is 1. The van der Waals surface area contributed by atoms with Crippen molar-refractivity contribution in [2.45, 2.75) is 19.9 Å². The fourth-order valence-electron chi connectivity index (χ4n) is 2.68. The second-order valence-corrected chi connectivity index (χ2v) is 6.24. The first-order valence-corrected chi connectivity index (χ1v) is 9.09. The highest BCUT2D eigenvalue weighted by Crippen LogP contribution is 2.16. The number of para-hydroxylation sites is 1. The van der Waals surface area contributed by atoms with E-state index in [0.29, 0.717) is 11.7 Å². The normalized spacial score (nSPS) is 11.1. The average molecular weight is 496 g/mol. The van der Waals surface area contributed by atoms with Crippen LogP contribution in [0.3, 0.4) is 0 Å². The molecule has 2 heterocycles. The number of nitrogens with one attached hydrogen (secondary N) is 2. The molecule has 0 spiro atoms. The second-order valence-electron chi connectivity index (χ2n) is 5.85. The van der Waals surface area contributed by atoms with Gasteiger partial charge in [-0.05, 0) is 36.6 Å². The maximum absolute atomic E-state index is 5.82. The Hall–Kier alpha value is -1.93. The SMILES string of the molecule is CCNC(=NCc1cccc2cccnc12)NCCc1ccc(Cl)nc1.I. The molecule has 0 aliphatic rings. The van der Waals surface area contributed by atoms with Gasteiger partial charge in [0.25, 0.3) is 0 Å². The number of pyridine rings is 2. The topological polar surface area (TPSA) is 62.2 Å². The minimum absolute atomic E-state index is 0. The molecule has 142 valence electrons. The number of guanidine groups is 1. The standard InChI is InChI=1S/C20H22ClN5.HI/c1-2-22-20(24-12-10-15-8-9-18(21)25-13-15)26-14-17-6-3-5-16-7-4-11-23-19(16)17;/h3-9,11,13H,2,10,12,14H2,1H3,(H2,22,24,26);1H. The van der Waals surface area contributed by atoms with E-state index in [1.165, 1.54) is 0 Å². The highest BCUT2D eigenvalue weighted by atomic mass is 127. The highest BCUT2D eigenvalue weighted by Gasteiger charge is 2.03. The van der Waals surface area contributed by atoms with Gasteiger partial charge in [-0.2, -0.15) is 0 Å². The van der Waals surface area contributed by atoms with Gasteiger partial charge in [-0.15, -0.1) is 24.0 Å². The van der Waals surface area contributed by atoms with Crippen molar-refractivity contribution in [3.05, 3.63) is 71.1 Å². The molecule has 0 amide bonds. The van der Waals surface area contributed by atoms with Crippen molar-refractivity contribution in [1.29, 1.82) is 0 Å². The van der Waals surface area contributed by atoms with Crippen LogP contribution in [0.1, 0.15) is 18.1 Å². The first-order valence-electron chi connectivity index (χ1n) is 8.71. The molecule has 0 saturated heterocycles. The maximum Gasteiger partial charge on any atom is 0.191 e. The van der Waals surface area contributed by atoms with Gasteiger partial charge in [0.05, 0.1) is 12.1 Å². The van der Waals surface area contributed by atoms with Gasteiger partial charge in [-0.25, -0.2) is 9.98 Å². The third-order valence-electron chi connectivity index (χ3n) is 3.96. The summed E-state index contributed by atoms with van der Waals surface area (Å²) in [5, 5.41) is 8.28. The number of halogens is 2. The van der Waals surface area contributed by atoms with E-state index in [1.807, 2.05) is 30.5 Å². The summed E-state index contributed by atoms with van der Waals surface area (Å²) in [5.74, 6) is 0.794. The molecule has 0 unspecified atom stereocenters. The van der Waals surface area contributed by atoms with E-state index in [0.717, 1.165) is 47.5 Å². The molecule has 0 radical (unpaired) electrons. The highest BCUT2D eigenvalue weighted by molar-refractivity contribution is 14.0. The first-order chi connectivity index (χ1) is 12.8. The molecule has 0 bridgehead atoms. The summed E-state index contributed by atoms with van der Waals surface area (Å²) in [4.78, 5) is 13.3. The van der Waals surface area contributed by atoms with Crippen LogP contribution in [-0.4, -0.2) is 29.0 Å². The smallest absolute Gasteiger partial charge is 0.191 e. The van der Waals surface area contributed by atoms with Crippen LogP contribution in [0.15, 0.2) is 59.9 Å². The lowest BCUT2D eigenvalue weighted by atomic mass is 10.1. The van der Waals surface area contributed by atoms with Gasteiger partial charge in [-0.1, -0.05) is 41.9 Å². The molecule has 0 atom stereocenters. The molecule has 5 nitrogen and oxygen atoms in total. The number of hydrogen-bond donors (Lipinski definition) is 2. The molecule has 0 fully saturated rings. The van der Waals surface area contributed by atoms with Gasteiger partial charge >= 0.3 is 0 Å². The van der Waals surface area contributed by atoms with E-state index in [4.69, 9.17) is 16.6 Å². The van der Waals surface area contributed by atoms with Gasteiger partial charge in [0.1, 0.15) is 5.15 Å². The fraction of sp³-hybridized carbons (Fsp3) is 0.250. The second kappa shape index (κ2) is 11.0. The van der Waals surface area contributed by atoms with Crippen molar-refractivity contribution in [3.8, 4) is 0 Å². The molecule has 3 aromatic rings. The summed E-state index contributed by atoms with van der Waals surface area (Å²) >= 11 is 5.82. The third kappa shape index (κ3) is 6.32.